The number of H-pyrrole nitrogens is 3. The fourth-order valence-electron chi connectivity index (χ4n) is 5.98. The fraction of sp³-hybridized carbons (Fsp3) is 0.542. The van der Waals surface area contributed by atoms with Crippen molar-refractivity contribution < 1.29 is 10.2 Å². The zero-order valence-corrected chi connectivity index (χ0v) is 18.1. The molecule has 0 saturated heterocycles. The van der Waals surface area contributed by atoms with E-state index in [9.17, 15) is 19.8 Å². The molecule has 8 heteroatoms. The number of aromatic hydroxyl groups is 1. The number of benzene rings is 1. The first kappa shape index (κ1) is 21.0. The lowest BCUT2D eigenvalue weighted by Gasteiger charge is -2.54. The van der Waals surface area contributed by atoms with Crippen LogP contribution in [-0.2, 0) is 12.8 Å². The summed E-state index contributed by atoms with van der Waals surface area (Å²) in [6.07, 6.45) is 9.38. The highest BCUT2D eigenvalue weighted by Crippen LogP contribution is 2.57. The van der Waals surface area contributed by atoms with Crippen LogP contribution in [0.25, 0.3) is 11.2 Å². The van der Waals surface area contributed by atoms with Crippen molar-refractivity contribution >= 4 is 11.2 Å². The number of fused-ring (bicyclic) bond motifs is 4. The van der Waals surface area contributed by atoms with Gasteiger partial charge in [0.2, 0.25) is 0 Å². The Morgan fingerprint density at radius 1 is 0.906 bits per heavy atom. The molecule has 2 bridgehead atoms. The summed E-state index contributed by atoms with van der Waals surface area (Å²) in [6.45, 7) is 0. The van der Waals surface area contributed by atoms with E-state index >= 15 is 0 Å². The fourth-order valence-corrected chi connectivity index (χ4v) is 5.98. The number of nitrogens with zero attached hydrogens (tertiary/aromatic N) is 1. The van der Waals surface area contributed by atoms with E-state index in [0.717, 1.165) is 57.8 Å². The molecular formula is C24H30N4O4. The van der Waals surface area contributed by atoms with Crippen LogP contribution in [0.4, 0.5) is 0 Å². The van der Waals surface area contributed by atoms with E-state index in [0.29, 0.717) is 29.3 Å². The lowest BCUT2D eigenvalue weighted by Crippen LogP contribution is -2.49. The molecule has 5 N–H and O–H groups in total. The largest absolute Gasteiger partial charge is 0.508 e. The molecule has 1 aromatic carbocycles. The maximum atomic E-state index is 12.0. The quantitative estimate of drug-likeness (QED) is 0.387. The van der Waals surface area contributed by atoms with Crippen molar-refractivity contribution in [3.8, 4) is 5.75 Å². The van der Waals surface area contributed by atoms with Gasteiger partial charge in [0, 0.05) is 6.42 Å². The number of aromatic nitrogens is 4. The van der Waals surface area contributed by atoms with Crippen molar-refractivity contribution in [3.63, 3.8) is 0 Å². The van der Waals surface area contributed by atoms with Gasteiger partial charge in [-0.3, -0.25) is 14.8 Å². The predicted octanol–water partition coefficient (Wildman–Crippen LogP) is 2.91. The molecule has 0 radical (unpaired) electrons. The second-order valence-electron chi connectivity index (χ2n) is 9.84. The van der Waals surface area contributed by atoms with Crippen LogP contribution >= 0.6 is 0 Å². The number of aryl methyl sites for hydroxylation is 2. The third kappa shape index (κ3) is 3.99. The topological polar surface area (TPSA) is 135 Å². The number of aliphatic hydroxyl groups is 1. The van der Waals surface area contributed by atoms with Crippen molar-refractivity contribution in [1.29, 1.82) is 0 Å². The van der Waals surface area contributed by atoms with Crippen molar-refractivity contribution in [2.24, 2.45) is 11.3 Å². The normalized spacial score (nSPS) is 25.9. The minimum absolute atomic E-state index is 0.235. The Labute approximate surface area is 185 Å². The van der Waals surface area contributed by atoms with Gasteiger partial charge in [-0.25, -0.2) is 9.78 Å². The molecule has 2 aromatic heterocycles. The monoisotopic (exact) mass is 438 g/mol. The molecule has 6 rings (SSSR count). The highest BCUT2D eigenvalue weighted by molar-refractivity contribution is 5.68. The predicted molar refractivity (Wildman–Crippen MR) is 121 cm³/mol. The number of aromatic amines is 3. The van der Waals surface area contributed by atoms with Crippen molar-refractivity contribution in [1.82, 2.24) is 19.9 Å². The molecule has 0 amide bonds. The Morgan fingerprint density at radius 3 is 2.25 bits per heavy atom. The minimum Gasteiger partial charge on any atom is -0.508 e. The van der Waals surface area contributed by atoms with E-state index in [1.165, 1.54) is 5.56 Å². The summed E-state index contributed by atoms with van der Waals surface area (Å²) >= 11 is 0. The van der Waals surface area contributed by atoms with Crippen molar-refractivity contribution in [2.45, 2.75) is 69.8 Å². The van der Waals surface area contributed by atoms with E-state index in [-0.39, 0.29) is 11.2 Å². The molecule has 0 aliphatic heterocycles. The molecule has 8 nitrogen and oxygen atoms in total. The summed E-state index contributed by atoms with van der Waals surface area (Å²) in [4.78, 5) is 35.9. The zero-order chi connectivity index (χ0) is 22.3. The summed E-state index contributed by atoms with van der Waals surface area (Å²) in [5.41, 5.74) is 0.576. The number of phenols is 1. The average molecular weight is 439 g/mol. The molecule has 3 aromatic rings. The Kier molecular flexibility index (Phi) is 5.20. The third-order valence-corrected chi connectivity index (χ3v) is 8.02. The van der Waals surface area contributed by atoms with Gasteiger partial charge in [0.15, 0.2) is 5.65 Å². The van der Waals surface area contributed by atoms with E-state index in [2.05, 4.69) is 19.9 Å². The maximum absolute atomic E-state index is 12.0. The lowest BCUT2D eigenvalue weighted by molar-refractivity contribution is -0.114. The van der Waals surface area contributed by atoms with Crippen molar-refractivity contribution in [3.05, 3.63) is 56.5 Å². The summed E-state index contributed by atoms with van der Waals surface area (Å²) < 4.78 is 0. The maximum Gasteiger partial charge on any atom is 0.327 e. The molecule has 3 aliphatic rings. The van der Waals surface area contributed by atoms with E-state index in [4.69, 9.17) is 0 Å². The van der Waals surface area contributed by atoms with Crippen LogP contribution in [-0.4, -0.2) is 35.8 Å². The Balaban J connectivity index is 1.35. The van der Waals surface area contributed by atoms with Gasteiger partial charge in [0.1, 0.15) is 17.1 Å². The summed E-state index contributed by atoms with van der Waals surface area (Å²) in [6, 6.07) is 7.42. The second-order valence-corrected chi connectivity index (χ2v) is 9.84. The Hall–Kier alpha value is -2.87. The van der Waals surface area contributed by atoms with Gasteiger partial charge >= 0.3 is 5.69 Å². The summed E-state index contributed by atoms with van der Waals surface area (Å²) in [5.74, 6) is 1.45. The van der Waals surface area contributed by atoms with Crippen LogP contribution in [0.15, 0.2) is 33.9 Å². The lowest BCUT2D eigenvalue weighted by atomic mass is 9.52. The molecule has 1 atom stereocenters. The molecule has 3 saturated carbocycles. The number of nitrogens with one attached hydrogen (secondary N) is 3. The molecule has 0 spiro atoms. The highest BCUT2D eigenvalue weighted by atomic mass is 16.3. The minimum atomic E-state index is -0.553. The van der Waals surface area contributed by atoms with Gasteiger partial charge in [-0.2, -0.15) is 0 Å². The molecule has 32 heavy (non-hydrogen) atoms. The first-order chi connectivity index (χ1) is 15.3. The molecule has 3 aliphatic carbocycles. The number of phenolic OH excluding ortho intramolecular Hbond substituents is 1. The standard InChI is InChI=1S/C24H30N4O4/c29-17-6-2-15(3-7-17)1-4-16(23-9-12-24(32,13-10-23)14-11-23)5-8-18-25-19-20(26-18)27-22(31)28-21(19)30/h2-3,6-7,16,29,32H,1,4-5,8-14H2,(H3,25,26,27,28,30,31). The SMILES string of the molecule is O=c1[nH]c(=O)c2[nH]c(CCC(CCc3ccc(O)cc3)C34CCC(O)(CC3)CC4)nc2[nH]1. The van der Waals surface area contributed by atoms with E-state index in [1.807, 2.05) is 12.1 Å². The number of imidazole rings is 1. The van der Waals surface area contributed by atoms with Gasteiger partial charge in [-0.05, 0) is 86.8 Å². The smallest absolute Gasteiger partial charge is 0.327 e. The van der Waals surface area contributed by atoms with Gasteiger partial charge in [0.05, 0.1) is 5.60 Å². The molecule has 1 unspecified atom stereocenters. The molecule has 170 valence electrons. The molecule has 2 heterocycles. The van der Waals surface area contributed by atoms with Gasteiger partial charge < -0.3 is 15.2 Å². The first-order valence-electron chi connectivity index (χ1n) is 11.6. The number of hydrogen-bond donors (Lipinski definition) is 5. The summed E-state index contributed by atoms with van der Waals surface area (Å²) in [7, 11) is 0. The van der Waals surface area contributed by atoms with Crippen LogP contribution in [0.2, 0.25) is 0 Å². The van der Waals surface area contributed by atoms with Gasteiger partial charge in [-0.1, -0.05) is 12.1 Å². The third-order valence-electron chi connectivity index (χ3n) is 8.02. The molecular weight excluding hydrogens is 408 g/mol. The Morgan fingerprint density at radius 2 is 1.56 bits per heavy atom. The number of hydrogen-bond acceptors (Lipinski definition) is 5. The second kappa shape index (κ2) is 7.92. The zero-order valence-electron chi connectivity index (χ0n) is 18.1. The van der Waals surface area contributed by atoms with Crippen molar-refractivity contribution in [2.75, 3.05) is 0 Å². The van der Waals surface area contributed by atoms with Crippen LogP contribution in [0, 0.1) is 11.3 Å². The number of rotatable bonds is 7. The highest BCUT2D eigenvalue weighted by Gasteiger charge is 2.50. The van der Waals surface area contributed by atoms with Crippen LogP contribution in [0.3, 0.4) is 0 Å². The molecule has 3 fully saturated rings. The van der Waals surface area contributed by atoms with Crippen LogP contribution < -0.4 is 11.2 Å². The van der Waals surface area contributed by atoms with E-state index in [1.54, 1.807) is 12.1 Å². The Bertz CT molecular complexity index is 1200. The summed E-state index contributed by atoms with van der Waals surface area (Å²) in [5, 5.41) is 20.3. The van der Waals surface area contributed by atoms with Gasteiger partial charge in [-0.15, -0.1) is 0 Å². The average Bonchev–Trinajstić information content (AvgIpc) is 3.19. The van der Waals surface area contributed by atoms with Crippen LogP contribution in [0.5, 0.6) is 5.75 Å². The van der Waals surface area contributed by atoms with Gasteiger partial charge in [0.25, 0.3) is 5.56 Å². The first-order valence-corrected chi connectivity index (χ1v) is 11.6. The van der Waals surface area contributed by atoms with E-state index < -0.39 is 16.9 Å². The van der Waals surface area contributed by atoms with Crippen LogP contribution in [0.1, 0.15) is 62.8 Å².